The lowest BCUT2D eigenvalue weighted by Crippen LogP contribution is -2.14. The van der Waals surface area contributed by atoms with Gasteiger partial charge >= 0.3 is 0 Å². The maximum Gasteiger partial charge on any atom is 0.230 e. The number of thiazole rings is 1. The number of aromatic nitrogens is 1. The summed E-state index contributed by atoms with van der Waals surface area (Å²) in [5, 5.41) is 4.53. The lowest BCUT2D eigenvalue weighted by Gasteiger charge is -2.01. The molecule has 1 aromatic carbocycles. The molecule has 0 saturated carbocycles. The highest BCUT2D eigenvalue weighted by atomic mass is 32.1. The standard InChI is InChI=1S/C17H16N2O3S/c1-21-11-5-6-12-10(9-22-14(12)8-11)7-16(20)19-17-18-13-3-2-4-15(13)23-17/h5-6,8-9H,2-4,7H2,1H3,(H,18,19,20). The number of furan rings is 1. The van der Waals surface area contributed by atoms with E-state index in [9.17, 15) is 4.79 Å². The quantitative estimate of drug-likeness (QED) is 0.795. The van der Waals surface area contributed by atoms with Gasteiger partial charge in [0.1, 0.15) is 11.3 Å². The van der Waals surface area contributed by atoms with E-state index in [4.69, 9.17) is 9.15 Å². The summed E-state index contributed by atoms with van der Waals surface area (Å²) in [5.41, 5.74) is 2.73. The van der Waals surface area contributed by atoms with Crippen molar-refractivity contribution in [3.63, 3.8) is 0 Å². The third kappa shape index (κ3) is 2.70. The zero-order valence-electron chi connectivity index (χ0n) is 12.7. The molecule has 1 amide bonds. The maximum absolute atomic E-state index is 12.3. The largest absolute Gasteiger partial charge is 0.497 e. The van der Waals surface area contributed by atoms with Gasteiger partial charge in [-0.3, -0.25) is 4.79 Å². The molecule has 0 fully saturated rings. The Morgan fingerprint density at radius 3 is 3.17 bits per heavy atom. The van der Waals surface area contributed by atoms with E-state index in [1.807, 2.05) is 18.2 Å². The van der Waals surface area contributed by atoms with Gasteiger partial charge < -0.3 is 14.5 Å². The normalized spacial score (nSPS) is 13.3. The van der Waals surface area contributed by atoms with Crippen molar-refractivity contribution in [1.29, 1.82) is 0 Å². The molecule has 0 bridgehead atoms. The first-order chi connectivity index (χ1) is 11.2. The van der Waals surface area contributed by atoms with Crippen LogP contribution in [0.25, 0.3) is 11.0 Å². The Morgan fingerprint density at radius 2 is 2.35 bits per heavy atom. The number of aryl methyl sites for hydroxylation is 2. The molecule has 2 heterocycles. The summed E-state index contributed by atoms with van der Waals surface area (Å²) in [4.78, 5) is 18.1. The van der Waals surface area contributed by atoms with Crippen LogP contribution in [-0.2, 0) is 24.1 Å². The summed E-state index contributed by atoms with van der Waals surface area (Å²) in [7, 11) is 1.61. The number of nitrogens with zero attached hydrogens (tertiary/aromatic N) is 1. The van der Waals surface area contributed by atoms with E-state index in [0.717, 1.165) is 40.8 Å². The molecule has 1 aliphatic rings. The molecule has 1 aliphatic carbocycles. The molecule has 118 valence electrons. The van der Waals surface area contributed by atoms with Crippen molar-refractivity contribution in [3.8, 4) is 5.75 Å². The first-order valence-corrected chi connectivity index (χ1v) is 8.37. The van der Waals surface area contributed by atoms with Crippen molar-refractivity contribution in [1.82, 2.24) is 4.98 Å². The fourth-order valence-electron chi connectivity index (χ4n) is 2.91. The SMILES string of the molecule is COc1ccc2c(CC(=O)Nc3nc4c(s3)CCC4)coc2c1. The van der Waals surface area contributed by atoms with Crippen molar-refractivity contribution >= 4 is 33.3 Å². The molecule has 2 aromatic heterocycles. The number of amides is 1. The number of benzene rings is 1. The van der Waals surface area contributed by atoms with Gasteiger partial charge in [0.15, 0.2) is 5.13 Å². The molecular formula is C17H16N2O3S. The second kappa shape index (κ2) is 5.70. The van der Waals surface area contributed by atoms with Gasteiger partial charge in [-0.05, 0) is 31.4 Å². The number of rotatable bonds is 4. The third-order valence-corrected chi connectivity index (χ3v) is 5.13. The zero-order chi connectivity index (χ0) is 15.8. The van der Waals surface area contributed by atoms with Crippen molar-refractivity contribution in [2.24, 2.45) is 0 Å². The Bertz CT molecular complexity index is 860. The summed E-state index contributed by atoms with van der Waals surface area (Å²) in [6.45, 7) is 0. The van der Waals surface area contributed by atoms with Crippen LogP contribution in [0.4, 0.5) is 5.13 Å². The van der Waals surface area contributed by atoms with Crippen molar-refractivity contribution in [2.75, 3.05) is 12.4 Å². The summed E-state index contributed by atoms with van der Waals surface area (Å²) < 4.78 is 10.7. The minimum absolute atomic E-state index is 0.0732. The highest BCUT2D eigenvalue weighted by Gasteiger charge is 2.18. The van der Waals surface area contributed by atoms with Crippen molar-refractivity contribution < 1.29 is 13.9 Å². The average Bonchev–Trinajstić information content (AvgIpc) is 3.22. The molecule has 5 nitrogen and oxygen atoms in total. The number of methoxy groups -OCH3 is 1. The first-order valence-electron chi connectivity index (χ1n) is 7.55. The molecule has 3 aromatic rings. The number of carbonyl (C=O) groups is 1. The molecule has 1 N–H and O–H groups in total. The van der Waals surface area contributed by atoms with E-state index in [0.29, 0.717) is 5.13 Å². The fourth-order valence-corrected chi connectivity index (χ4v) is 3.97. The highest BCUT2D eigenvalue weighted by Crippen LogP contribution is 2.31. The fraction of sp³-hybridized carbons (Fsp3) is 0.294. The van der Waals surface area contributed by atoms with Gasteiger partial charge in [-0.2, -0.15) is 0 Å². The minimum atomic E-state index is -0.0732. The van der Waals surface area contributed by atoms with Gasteiger partial charge in [-0.1, -0.05) is 0 Å². The average molecular weight is 328 g/mol. The van der Waals surface area contributed by atoms with Crippen LogP contribution in [0, 0.1) is 0 Å². The topological polar surface area (TPSA) is 64.4 Å². The monoisotopic (exact) mass is 328 g/mol. The van der Waals surface area contributed by atoms with E-state index >= 15 is 0 Å². The van der Waals surface area contributed by atoms with E-state index < -0.39 is 0 Å². The Hall–Kier alpha value is -2.34. The smallest absolute Gasteiger partial charge is 0.230 e. The molecule has 0 unspecified atom stereocenters. The Balaban J connectivity index is 1.49. The molecule has 0 radical (unpaired) electrons. The molecular weight excluding hydrogens is 312 g/mol. The molecule has 0 spiro atoms. The summed E-state index contributed by atoms with van der Waals surface area (Å²) in [6.07, 6.45) is 5.18. The predicted octanol–water partition coefficient (Wildman–Crippen LogP) is 3.57. The Morgan fingerprint density at radius 1 is 1.43 bits per heavy atom. The summed E-state index contributed by atoms with van der Waals surface area (Å²) in [5.74, 6) is 0.663. The predicted molar refractivity (Wildman–Crippen MR) is 89.2 cm³/mol. The van der Waals surface area contributed by atoms with E-state index in [2.05, 4.69) is 10.3 Å². The highest BCUT2D eigenvalue weighted by molar-refractivity contribution is 7.15. The number of hydrogen-bond donors (Lipinski definition) is 1. The van der Waals surface area contributed by atoms with E-state index in [-0.39, 0.29) is 12.3 Å². The van der Waals surface area contributed by atoms with Gasteiger partial charge in [0.05, 0.1) is 25.5 Å². The molecule has 0 aliphatic heterocycles. The number of anilines is 1. The van der Waals surface area contributed by atoms with Gasteiger partial charge in [-0.25, -0.2) is 4.98 Å². The molecule has 0 atom stereocenters. The van der Waals surface area contributed by atoms with E-state index in [1.54, 1.807) is 24.7 Å². The van der Waals surface area contributed by atoms with Gasteiger partial charge in [-0.15, -0.1) is 11.3 Å². The number of carbonyl (C=O) groups excluding carboxylic acids is 1. The van der Waals surface area contributed by atoms with Crippen molar-refractivity contribution in [2.45, 2.75) is 25.7 Å². The summed E-state index contributed by atoms with van der Waals surface area (Å²) >= 11 is 1.59. The lowest BCUT2D eigenvalue weighted by molar-refractivity contribution is -0.115. The number of nitrogens with one attached hydrogen (secondary N) is 1. The van der Waals surface area contributed by atoms with Gasteiger partial charge in [0.25, 0.3) is 0 Å². The molecule has 0 saturated heterocycles. The van der Waals surface area contributed by atoms with Crippen LogP contribution in [0.2, 0.25) is 0 Å². The van der Waals surface area contributed by atoms with Crippen LogP contribution in [0.1, 0.15) is 22.6 Å². The molecule has 23 heavy (non-hydrogen) atoms. The summed E-state index contributed by atoms with van der Waals surface area (Å²) in [6, 6.07) is 5.60. The van der Waals surface area contributed by atoms with Crippen LogP contribution in [-0.4, -0.2) is 18.0 Å². The van der Waals surface area contributed by atoms with Crippen LogP contribution in [0.3, 0.4) is 0 Å². The van der Waals surface area contributed by atoms with Crippen molar-refractivity contribution in [3.05, 3.63) is 40.6 Å². The molecule has 6 heteroatoms. The van der Waals surface area contributed by atoms with E-state index in [1.165, 1.54) is 11.3 Å². The second-order valence-electron chi connectivity index (χ2n) is 5.59. The number of ether oxygens (including phenoxy) is 1. The van der Waals surface area contributed by atoms with Crippen LogP contribution in [0.15, 0.2) is 28.9 Å². The zero-order valence-corrected chi connectivity index (χ0v) is 13.5. The maximum atomic E-state index is 12.3. The lowest BCUT2D eigenvalue weighted by atomic mass is 10.1. The van der Waals surface area contributed by atoms with Gasteiger partial charge in [0.2, 0.25) is 5.91 Å². The number of hydrogen-bond acceptors (Lipinski definition) is 5. The second-order valence-corrected chi connectivity index (χ2v) is 6.67. The third-order valence-electron chi connectivity index (χ3n) is 4.06. The Kier molecular flexibility index (Phi) is 3.53. The molecule has 4 rings (SSSR count). The Labute approximate surface area is 137 Å². The van der Waals surface area contributed by atoms with Gasteiger partial charge in [0, 0.05) is 21.9 Å². The number of fused-ring (bicyclic) bond motifs is 2. The van der Waals surface area contributed by atoms with Crippen LogP contribution < -0.4 is 10.1 Å². The first kappa shape index (κ1) is 14.3. The van der Waals surface area contributed by atoms with Crippen LogP contribution in [0.5, 0.6) is 5.75 Å². The van der Waals surface area contributed by atoms with Crippen LogP contribution >= 0.6 is 11.3 Å². The minimum Gasteiger partial charge on any atom is -0.497 e.